The van der Waals surface area contributed by atoms with E-state index in [0.717, 1.165) is 50.8 Å². The number of anilines is 3. The first-order valence-corrected chi connectivity index (χ1v) is 11.2. The number of thiophene rings is 1. The monoisotopic (exact) mass is 449 g/mol. The molecule has 4 heterocycles. The third-order valence-corrected chi connectivity index (χ3v) is 6.27. The van der Waals surface area contributed by atoms with Crippen molar-refractivity contribution in [3.05, 3.63) is 42.7 Å². The first kappa shape index (κ1) is 20.6. The Morgan fingerprint density at radius 1 is 1.09 bits per heavy atom. The number of benzene rings is 1. The number of fused-ring (bicyclic) bond motifs is 1. The van der Waals surface area contributed by atoms with Crippen LogP contribution in [0.15, 0.2) is 42.7 Å². The summed E-state index contributed by atoms with van der Waals surface area (Å²) in [6, 6.07) is 10.3. The Labute approximate surface area is 189 Å². The van der Waals surface area contributed by atoms with Gasteiger partial charge >= 0.3 is 0 Å². The topological polar surface area (TPSA) is 111 Å². The van der Waals surface area contributed by atoms with E-state index in [1.165, 1.54) is 0 Å². The lowest BCUT2D eigenvalue weighted by molar-refractivity contribution is 0.122. The highest BCUT2D eigenvalue weighted by molar-refractivity contribution is 7.22. The highest BCUT2D eigenvalue weighted by atomic mass is 32.1. The molecule has 3 aromatic heterocycles. The van der Waals surface area contributed by atoms with Gasteiger partial charge in [0, 0.05) is 30.4 Å². The number of ether oxygens (including phenoxy) is 1. The number of hydrogen-bond acceptors (Lipinski definition) is 10. The molecule has 0 spiro atoms. The van der Waals surface area contributed by atoms with Crippen LogP contribution < -0.4 is 16.1 Å². The molecule has 1 saturated heterocycles. The maximum atomic E-state index is 5.65. The van der Waals surface area contributed by atoms with E-state index < -0.39 is 0 Å². The Morgan fingerprint density at radius 2 is 1.84 bits per heavy atom. The zero-order chi connectivity index (χ0) is 21.9. The molecule has 1 aliphatic rings. The summed E-state index contributed by atoms with van der Waals surface area (Å²) in [6.45, 7) is 5.47. The van der Waals surface area contributed by atoms with E-state index in [2.05, 4.69) is 38.5 Å². The average molecular weight is 450 g/mol. The molecule has 0 aliphatic carbocycles. The molecule has 0 radical (unpaired) electrons. The van der Waals surface area contributed by atoms with Gasteiger partial charge in [-0.05, 0) is 30.7 Å². The highest BCUT2D eigenvalue weighted by Gasteiger charge is 2.20. The van der Waals surface area contributed by atoms with Crippen LogP contribution in [0.2, 0.25) is 0 Å². The van der Waals surface area contributed by atoms with Crippen molar-refractivity contribution in [2.24, 2.45) is 0 Å². The van der Waals surface area contributed by atoms with Gasteiger partial charge in [-0.25, -0.2) is 19.9 Å². The lowest BCUT2D eigenvalue weighted by atomic mass is 10.1. The third-order valence-electron chi connectivity index (χ3n) is 5.10. The number of nitrogens with one attached hydrogen (secondary N) is 1. The summed E-state index contributed by atoms with van der Waals surface area (Å²) in [6.07, 6.45) is 3.31. The lowest BCUT2D eigenvalue weighted by Gasteiger charge is -2.28. The van der Waals surface area contributed by atoms with E-state index in [9.17, 15) is 0 Å². The minimum atomic E-state index is 0.225. The average Bonchev–Trinajstić information content (AvgIpc) is 3.28. The molecule has 32 heavy (non-hydrogen) atoms. The van der Waals surface area contributed by atoms with Crippen molar-refractivity contribution in [1.29, 1.82) is 0 Å². The smallest absolute Gasteiger partial charge is 0.219 e. The van der Waals surface area contributed by atoms with E-state index >= 15 is 0 Å². The normalized spacial score (nSPS) is 14.1. The molecule has 3 N–H and O–H groups in total. The van der Waals surface area contributed by atoms with Gasteiger partial charge in [0.25, 0.3) is 0 Å². The molecule has 164 valence electrons. The van der Waals surface area contributed by atoms with Crippen LogP contribution in [0, 0.1) is 0 Å². The van der Waals surface area contributed by atoms with Crippen LogP contribution in [0.5, 0.6) is 0 Å². The van der Waals surface area contributed by atoms with Crippen molar-refractivity contribution in [2.75, 3.05) is 49.0 Å². The fourth-order valence-electron chi connectivity index (χ4n) is 3.49. The molecule has 0 saturated carbocycles. The number of aromatic nitrogens is 4. The molecule has 1 aliphatic heterocycles. The minimum absolute atomic E-state index is 0.225. The number of rotatable bonds is 6. The molecule has 9 nitrogen and oxygen atoms in total. The Hall–Kier alpha value is -3.34. The van der Waals surface area contributed by atoms with Crippen LogP contribution in [0.1, 0.15) is 6.92 Å². The number of nitrogen functional groups attached to an aromatic ring is 1. The minimum Gasteiger partial charge on any atom is -0.378 e. The summed E-state index contributed by atoms with van der Waals surface area (Å²) in [4.78, 5) is 26.6. The predicted molar refractivity (Wildman–Crippen MR) is 127 cm³/mol. The van der Waals surface area contributed by atoms with E-state index in [1.807, 2.05) is 19.1 Å². The number of hydrogen-bond donors (Lipinski definition) is 2. The summed E-state index contributed by atoms with van der Waals surface area (Å²) < 4.78 is 6.60. The van der Waals surface area contributed by atoms with Crippen molar-refractivity contribution in [1.82, 2.24) is 19.9 Å². The van der Waals surface area contributed by atoms with Crippen molar-refractivity contribution < 1.29 is 9.57 Å². The molecule has 5 rings (SSSR count). The van der Waals surface area contributed by atoms with Crippen LogP contribution >= 0.6 is 11.3 Å². The molecule has 0 bridgehead atoms. The molecule has 0 unspecified atom stereocenters. The van der Waals surface area contributed by atoms with Gasteiger partial charge in [-0.1, -0.05) is 12.1 Å². The lowest BCUT2D eigenvalue weighted by Crippen LogP contribution is -2.36. The molecule has 1 aromatic carbocycles. The fraction of sp³-hybridized carbons (Fsp3) is 0.273. The summed E-state index contributed by atoms with van der Waals surface area (Å²) in [5, 5.41) is 0. The van der Waals surface area contributed by atoms with E-state index in [-0.39, 0.29) is 5.95 Å². The van der Waals surface area contributed by atoms with E-state index in [0.29, 0.717) is 25.6 Å². The molecule has 4 aromatic rings. The van der Waals surface area contributed by atoms with Crippen molar-refractivity contribution >= 4 is 39.0 Å². The molecule has 1 fully saturated rings. The summed E-state index contributed by atoms with van der Waals surface area (Å²) >= 11 is 1.69. The zero-order valence-corrected chi connectivity index (χ0v) is 18.4. The molecule has 0 amide bonds. The standard InChI is InChI=1S/C22H23N7O2S/c1-2-31-28-16-5-3-14(4-6-16)18-11-17-19(32-18)21(29-7-9-30-10-8-29)27-20(26-17)15-12-24-22(23)25-13-15/h3-6,11-13,28H,2,7-10H2,1H3,(H2,23,24,25). The maximum absolute atomic E-state index is 5.65. The second-order valence-electron chi connectivity index (χ2n) is 7.24. The van der Waals surface area contributed by atoms with Crippen molar-refractivity contribution in [3.8, 4) is 21.8 Å². The maximum Gasteiger partial charge on any atom is 0.219 e. The van der Waals surface area contributed by atoms with Crippen LogP contribution in [0.4, 0.5) is 17.5 Å². The van der Waals surface area contributed by atoms with Gasteiger partial charge in [0.05, 0.1) is 41.3 Å². The van der Waals surface area contributed by atoms with Crippen LogP contribution in [0.3, 0.4) is 0 Å². The molecule has 0 atom stereocenters. The number of morpholine rings is 1. The zero-order valence-electron chi connectivity index (χ0n) is 17.6. The number of nitrogens with zero attached hydrogens (tertiary/aromatic N) is 5. The summed E-state index contributed by atoms with van der Waals surface area (Å²) in [5.41, 5.74) is 12.2. The van der Waals surface area contributed by atoms with Crippen LogP contribution in [-0.2, 0) is 9.57 Å². The fourth-order valence-corrected chi connectivity index (χ4v) is 4.61. The second-order valence-corrected chi connectivity index (χ2v) is 8.29. The summed E-state index contributed by atoms with van der Waals surface area (Å²) in [7, 11) is 0. The van der Waals surface area contributed by atoms with Gasteiger partial charge in [-0.3, -0.25) is 10.3 Å². The van der Waals surface area contributed by atoms with Crippen LogP contribution in [0.25, 0.3) is 32.0 Å². The largest absolute Gasteiger partial charge is 0.378 e. The quantitative estimate of drug-likeness (QED) is 0.426. The van der Waals surface area contributed by atoms with E-state index in [4.69, 9.17) is 25.3 Å². The molecular formula is C22H23N7O2S. The highest BCUT2D eigenvalue weighted by Crippen LogP contribution is 2.39. The van der Waals surface area contributed by atoms with Crippen molar-refractivity contribution in [3.63, 3.8) is 0 Å². The third kappa shape index (κ3) is 4.20. The molecule has 10 heteroatoms. The predicted octanol–water partition coefficient (Wildman–Crippen LogP) is 3.60. The van der Waals surface area contributed by atoms with Gasteiger partial charge in [0.1, 0.15) is 0 Å². The Bertz CT molecular complexity index is 1210. The number of nitrogens with two attached hydrogens (primary N) is 1. The summed E-state index contributed by atoms with van der Waals surface area (Å²) in [5.74, 6) is 1.72. The van der Waals surface area contributed by atoms with E-state index in [1.54, 1.807) is 23.7 Å². The molecular weight excluding hydrogens is 426 g/mol. The van der Waals surface area contributed by atoms with Crippen molar-refractivity contribution in [2.45, 2.75) is 6.92 Å². The second kappa shape index (κ2) is 9.03. The first-order valence-electron chi connectivity index (χ1n) is 10.4. The Balaban J connectivity index is 1.57. The van der Waals surface area contributed by atoms with Gasteiger partial charge in [0.15, 0.2) is 11.6 Å². The Morgan fingerprint density at radius 3 is 2.56 bits per heavy atom. The Kier molecular flexibility index (Phi) is 5.80. The van der Waals surface area contributed by atoms with Crippen LogP contribution in [-0.4, -0.2) is 52.8 Å². The SMILES string of the molecule is CCONc1ccc(-c2cc3nc(-c4cnc(N)nc4)nc(N4CCOCC4)c3s2)cc1. The van der Waals surface area contributed by atoms with Gasteiger partial charge in [-0.15, -0.1) is 11.3 Å². The van der Waals surface area contributed by atoms with Gasteiger partial charge < -0.3 is 15.4 Å². The van der Waals surface area contributed by atoms with Gasteiger partial charge in [0.2, 0.25) is 5.95 Å². The van der Waals surface area contributed by atoms with Gasteiger partial charge in [-0.2, -0.15) is 0 Å². The first-order chi connectivity index (χ1) is 15.7.